The molecule has 6 heteroatoms. The molecule has 1 aromatic rings. The van der Waals surface area contributed by atoms with Gasteiger partial charge in [0.05, 0.1) is 11.7 Å². The maximum atomic E-state index is 12.1. The van der Waals surface area contributed by atoms with Gasteiger partial charge in [0.15, 0.2) is 17.3 Å². The first-order chi connectivity index (χ1) is 11.0. The number of nitrogens with one attached hydrogen (secondary N) is 1. The summed E-state index contributed by atoms with van der Waals surface area (Å²) in [5.74, 6) is 1.57. The highest BCUT2D eigenvalue weighted by molar-refractivity contribution is 5.93. The fourth-order valence-electron chi connectivity index (χ4n) is 2.93. The lowest BCUT2D eigenvalue weighted by atomic mass is 9.96. The van der Waals surface area contributed by atoms with Crippen molar-refractivity contribution in [2.24, 2.45) is 0 Å². The number of halogens is 1. The minimum atomic E-state index is -0.264. The van der Waals surface area contributed by atoms with Crippen LogP contribution >= 0.6 is 12.4 Å². The summed E-state index contributed by atoms with van der Waals surface area (Å²) in [5.41, 5.74) is 0.665. The number of carbonyl (C=O) groups is 1. The number of morpholine rings is 1. The number of fused-ring (bicyclic) bond motifs is 1. The van der Waals surface area contributed by atoms with E-state index in [1.165, 1.54) is 0 Å². The fraction of sp³-hybridized carbons (Fsp3) is 0.500. The second-order valence-corrected chi connectivity index (χ2v) is 6.42. The highest BCUT2D eigenvalue weighted by Gasteiger charge is 2.31. The van der Waals surface area contributed by atoms with Gasteiger partial charge in [0.1, 0.15) is 0 Å². The Labute approximate surface area is 148 Å². The van der Waals surface area contributed by atoms with Crippen LogP contribution in [0.2, 0.25) is 0 Å². The molecule has 132 valence electrons. The van der Waals surface area contributed by atoms with E-state index in [4.69, 9.17) is 14.2 Å². The third kappa shape index (κ3) is 4.72. The number of carbonyl (C=O) groups excluding carboxylic acids is 1. The van der Waals surface area contributed by atoms with Gasteiger partial charge in [0, 0.05) is 19.5 Å². The molecule has 2 unspecified atom stereocenters. The molecule has 2 aliphatic rings. The van der Waals surface area contributed by atoms with Crippen LogP contribution in [0.5, 0.6) is 11.5 Å². The van der Waals surface area contributed by atoms with Crippen molar-refractivity contribution in [1.29, 1.82) is 0 Å². The molecule has 2 heterocycles. The molecule has 3 rings (SSSR count). The van der Waals surface area contributed by atoms with Crippen molar-refractivity contribution >= 4 is 24.3 Å². The molecule has 2 atom stereocenters. The third-order valence-electron chi connectivity index (χ3n) is 4.17. The average Bonchev–Trinajstić information content (AvgIpc) is 2.98. The van der Waals surface area contributed by atoms with E-state index < -0.39 is 0 Å². The Morgan fingerprint density at radius 1 is 1.38 bits per heavy atom. The first-order valence-electron chi connectivity index (χ1n) is 8.03. The molecule has 1 aromatic carbocycles. The van der Waals surface area contributed by atoms with Crippen molar-refractivity contribution in [2.75, 3.05) is 19.9 Å². The van der Waals surface area contributed by atoms with Crippen LogP contribution in [-0.4, -0.2) is 37.4 Å². The zero-order chi connectivity index (χ0) is 16.3. The van der Waals surface area contributed by atoms with Crippen LogP contribution < -0.4 is 14.8 Å². The van der Waals surface area contributed by atoms with Gasteiger partial charge >= 0.3 is 0 Å². The van der Waals surface area contributed by atoms with Gasteiger partial charge in [-0.05, 0) is 44.0 Å². The number of hydrogen-bond donors (Lipinski definition) is 1. The Bertz CT molecular complexity index is 619. The number of ketones is 1. The lowest BCUT2D eigenvalue weighted by Crippen LogP contribution is -2.51. The van der Waals surface area contributed by atoms with Gasteiger partial charge < -0.3 is 19.5 Å². The second-order valence-electron chi connectivity index (χ2n) is 6.42. The summed E-state index contributed by atoms with van der Waals surface area (Å²) in [7, 11) is 0. The number of rotatable bonds is 5. The van der Waals surface area contributed by atoms with Gasteiger partial charge in [-0.1, -0.05) is 12.1 Å². The van der Waals surface area contributed by atoms with E-state index in [1.807, 2.05) is 31.2 Å². The van der Waals surface area contributed by atoms with Crippen LogP contribution in [0.25, 0.3) is 6.08 Å². The highest BCUT2D eigenvalue weighted by Crippen LogP contribution is 2.32. The number of hydrogen-bond acceptors (Lipinski definition) is 5. The maximum Gasteiger partial charge on any atom is 0.231 e. The molecule has 0 radical (unpaired) electrons. The summed E-state index contributed by atoms with van der Waals surface area (Å²) < 4.78 is 16.6. The molecule has 0 saturated carbocycles. The van der Waals surface area contributed by atoms with Crippen molar-refractivity contribution < 1.29 is 19.0 Å². The van der Waals surface area contributed by atoms with Gasteiger partial charge in [-0.2, -0.15) is 0 Å². The zero-order valence-electron chi connectivity index (χ0n) is 14.0. The van der Waals surface area contributed by atoms with Gasteiger partial charge in [0.2, 0.25) is 6.79 Å². The topological polar surface area (TPSA) is 56.8 Å². The summed E-state index contributed by atoms with van der Waals surface area (Å²) in [4.78, 5) is 12.1. The van der Waals surface area contributed by atoms with E-state index in [1.54, 1.807) is 6.08 Å². The molecule has 5 nitrogen and oxygen atoms in total. The summed E-state index contributed by atoms with van der Waals surface area (Å²) in [6.07, 6.45) is 4.82. The smallest absolute Gasteiger partial charge is 0.231 e. The second kappa shape index (κ2) is 8.01. The molecule has 0 aromatic heterocycles. The van der Waals surface area contributed by atoms with Crippen molar-refractivity contribution in [1.82, 2.24) is 5.32 Å². The molecular weight excluding hydrogens is 330 g/mol. The molecule has 24 heavy (non-hydrogen) atoms. The van der Waals surface area contributed by atoms with Crippen molar-refractivity contribution in [3.05, 3.63) is 29.8 Å². The van der Waals surface area contributed by atoms with Crippen LogP contribution in [-0.2, 0) is 9.53 Å². The zero-order valence-corrected chi connectivity index (χ0v) is 14.9. The summed E-state index contributed by atoms with van der Waals surface area (Å²) in [6.45, 7) is 6.02. The largest absolute Gasteiger partial charge is 0.454 e. The van der Waals surface area contributed by atoms with Gasteiger partial charge in [-0.15, -0.1) is 12.4 Å². The molecular formula is C18H24ClNO4. The quantitative estimate of drug-likeness (QED) is 0.825. The standard InChI is InChI=1S/C18H23NO4.ClH/c1-13-10-19-11-18(2,23-13)8-7-15(20)5-3-14-4-6-16-17(9-14)22-12-21-16;/h3-6,9,13,19H,7-8,10-12H2,1-2H3;1H. The average molecular weight is 354 g/mol. The van der Waals surface area contributed by atoms with Crippen LogP contribution in [0.15, 0.2) is 24.3 Å². The Morgan fingerprint density at radius 3 is 2.96 bits per heavy atom. The van der Waals surface area contributed by atoms with Gasteiger partial charge in [-0.25, -0.2) is 0 Å². The molecule has 0 amide bonds. The maximum absolute atomic E-state index is 12.1. The van der Waals surface area contributed by atoms with Crippen LogP contribution in [0, 0.1) is 0 Å². The van der Waals surface area contributed by atoms with Crippen LogP contribution in [0.4, 0.5) is 0 Å². The summed E-state index contributed by atoms with van der Waals surface area (Å²) >= 11 is 0. The molecule has 0 bridgehead atoms. The predicted octanol–water partition coefficient (Wildman–Crippen LogP) is 2.97. The minimum Gasteiger partial charge on any atom is -0.454 e. The minimum absolute atomic E-state index is 0. The van der Waals surface area contributed by atoms with Crippen molar-refractivity contribution in [3.8, 4) is 11.5 Å². The van der Waals surface area contributed by atoms with Gasteiger partial charge in [0.25, 0.3) is 0 Å². The molecule has 2 aliphatic heterocycles. The third-order valence-corrected chi connectivity index (χ3v) is 4.17. The normalized spacial score (nSPS) is 25.5. The highest BCUT2D eigenvalue weighted by atomic mass is 35.5. The lowest BCUT2D eigenvalue weighted by molar-refractivity contribution is -0.121. The van der Waals surface area contributed by atoms with E-state index in [9.17, 15) is 4.79 Å². The Hall–Kier alpha value is -1.56. The van der Waals surface area contributed by atoms with Gasteiger partial charge in [-0.3, -0.25) is 4.79 Å². The van der Waals surface area contributed by atoms with E-state index >= 15 is 0 Å². The molecule has 1 N–H and O–H groups in total. The molecule has 1 fully saturated rings. The van der Waals surface area contributed by atoms with E-state index in [2.05, 4.69) is 12.2 Å². The molecule has 0 aliphatic carbocycles. The number of allylic oxidation sites excluding steroid dienone is 1. The molecule has 0 spiro atoms. The van der Waals surface area contributed by atoms with Crippen molar-refractivity contribution in [2.45, 2.75) is 38.4 Å². The first-order valence-corrected chi connectivity index (χ1v) is 8.03. The summed E-state index contributed by atoms with van der Waals surface area (Å²) in [5, 5.41) is 3.35. The fourth-order valence-corrected chi connectivity index (χ4v) is 2.93. The Morgan fingerprint density at radius 2 is 2.17 bits per heavy atom. The monoisotopic (exact) mass is 353 g/mol. The SMILES string of the molecule is CC1CNCC(C)(CCC(=O)C=Cc2ccc3c(c2)OCO3)O1.Cl. The lowest BCUT2D eigenvalue weighted by Gasteiger charge is -2.38. The van der Waals surface area contributed by atoms with E-state index in [0.717, 1.165) is 30.2 Å². The molecule has 1 saturated heterocycles. The van der Waals surface area contributed by atoms with Crippen molar-refractivity contribution in [3.63, 3.8) is 0 Å². The van der Waals surface area contributed by atoms with E-state index in [0.29, 0.717) is 12.8 Å². The number of benzene rings is 1. The van der Waals surface area contributed by atoms with Crippen LogP contribution in [0.3, 0.4) is 0 Å². The first kappa shape index (κ1) is 18.8. The van der Waals surface area contributed by atoms with E-state index in [-0.39, 0.29) is 36.7 Å². The summed E-state index contributed by atoms with van der Waals surface area (Å²) in [6, 6.07) is 5.65. The predicted molar refractivity (Wildman–Crippen MR) is 94.9 cm³/mol. The number of ether oxygens (including phenoxy) is 3. The van der Waals surface area contributed by atoms with Crippen LogP contribution in [0.1, 0.15) is 32.3 Å². The Kier molecular flexibility index (Phi) is 6.27. The Balaban J connectivity index is 0.00000208.